The molecule has 1 aliphatic rings. The van der Waals surface area contributed by atoms with Gasteiger partial charge in [0.25, 0.3) is 0 Å². The monoisotopic (exact) mass is 182 g/mol. The number of hydrogen-bond acceptors (Lipinski definition) is 1. The van der Waals surface area contributed by atoms with Crippen LogP contribution in [-0.2, 0) is 0 Å². The first-order valence-electron chi connectivity index (χ1n) is 5.57. The minimum atomic E-state index is 0.405. The molecule has 0 aromatic rings. The lowest BCUT2D eigenvalue weighted by atomic mass is 9.88. The fraction of sp³-hybridized carbons (Fsp3) is 0.909. The van der Waals surface area contributed by atoms with Crippen LogP contribution in [0.25, 0.3) is 0 Å². The zero-order chi connectivity index (χ0) is 9.68. The summed E-state index contributed by atoms with van der Waals surface area (Å²) in [5.41, 5.74) is 5.97. The van der Waals surface area contributed by atoms with Crippen molar-refractivity contribution in [3.63, 3.8) is 0 Å². The average Bonchev–Trinajstić information content (AvgIpc) is 2.19. The van der Waals surface area contributed by atoms with Gasteiger partial charge in [-0.25, -0.2) is 0 Å². The Labute approximate surface area is 81.6 Å². The van der Waals surface area contributed by atoms with E-state index in [0.29, 0.717) is 12.0 Å². The molecule has 1 atom stereocenters. The molecule has 0 aromatic carbocycles. The highest BCUT2D eigenvalue weighted by atomic mass is 14.9. The van der Waals surface area contributed by atoms with Crippen LogP contribution in [0.4, 0.5) is 0 Å². The van der Waals surface area contributed by atoms with Gasteiger partial charge in [-0.3, -0.25) is 4.99 Å². The zero-order valence-corrected chi connectivity index (χ0v) is 8.92. The maximum Gasteiger partial charge on any atom is 0.0971 e. The van der Waals surface area contributed by atoms with E-state index in [0.717, 1.165) is 12.3 Å². The second-order valence-corrected chi connectivity index (χ2v) is 4.15. The summed E-state index contributed by atoms with van der Waals surface area (Å²) >= 11 is 0. The van der Waals surface area contributed by atoms with Crippen molar-refractivity contribution >= 4 is 5.84 Å². The summed E-state index contributed by atoms with van der Waals surface area (Å²) in [6, 6.07) is 0.405. The van der Waals surface area contributed by atoms with Gasteiger partial charge in [-0.1, -0.05) is 26.2 Å². The quantitative estimate of drug-likeness (QED) is 0.529. The largest absolute Gasteiger partial charge is 0.387 e. The van der Waals surface area contributed by atoms with Gasteiger partial charge in [0.1, 0.15) is 0 Å². The summed E-state index contributed by atoms with van der Waals surface area (Å²) in [4.78, 5) is 4.51. The molecule has 1 saturated carbocycles. The Morgan fingerprint density at radius 1 is 1.38 bits per heavy atom. The minimum absolute atomic E-state index is 0.405. The molecule has 0 bridgehead atoms. The molecule has 0 spiro atoms. The third kappa shape index (κ3) is 3.37. The fourth-order valence-corrected chi connectivity index (χ4v) is 1.85. The van der Waals surface area contributed by atoms with Gasteiger partial charge in [0, 0.05) is 12.0 Å². The van der Waals surface area contributed by atoms with E-state index in [-0.39, 0.29) is 0 Å². The molecule has 13 heavy (non-hydrogen) atoms. The van der Waals surface area contributed by atoms with E-state index in [1.807, 2.05) is 0 Å². The first-order chi connectivity index (χ1) is 6.24. The van der Waals surface area contributed by atoms with Crippen LogP contribution >= 0.6 is 0 Å². The second-order valence-electron chi connectivity index (χ2n) is 4.15. The van der Waals surface area contributed by atoms with Gasteiger partial charge < -0.3 is 5.73 Å². The number of nitrogens with zero attached hydrogens (tertiary/aromatic N) is 1. The van der Waals surface area contributed by atoms with E-state index in [1.165, 1.54) is 32.1 Å². The number of rotatable bonds is 3. The molecule has 0 amide bonds. The topological polar surface area (TPSA) is 38.4 Å². The summed E-state index contributed by atoms with van der Waals surface area (Å²) in [6.07, 6.45) is 7.65. The highest BCUT2D eigenvalue weighted by molar-refractivity contribution is 5.83. The summed E-state index contributed by atoms with van der Waals surface area (Å²) in [5.74, 6) is 1.50. The van der Waals surface area contributed by atoms with Crippen LogP contribution in [0, 0.1) is 5.92 Å². The standard InChI is InChI=1S/C11H22N2/c1-3-9(2)13-11(12)10-7-5-4-6-8-10/h9-10H,3-8H2,1-2H3,(H2,12,13). The van der Waals surface area contributed by atoms with Crippen molar-refractivity contribution in [2.45, 2.75) is 58.4 Å². The molecular weight excluding hydrogens is 160 g/mol. The number of amidine groups is 1. The van der Waals surface area contributed by atoms with Gasteiger partial charge >= 0.3 is 0 Å². The Hall–Kier alpha value is -0.530. The summed E-state index contributed by atoms with van der Waals surface area (Å²) in [6.45, 7) is 4.29. The number of nitrogens with two attached hydrogens (primary N) is 1. The summed E-state index contributed by atoms with van der Waals surface area (Å²) in [7, 11) is 0. The van der Waals surface area contributed by atoms with Crippen LogP contribution in [0.1, 0.15) is 52.4 Å². The molecule has 76 valence electrons. The second kappa shape index (κ2) is 5.25. The van der Waals surface area contributed by atoms with E-state index in [9.17, 15) is 0 Å². The van der Waals surface area contributed by atoms with Crippen LogP contribution < -0.4 is 5.73 Å². The summed E-state index contributed by atoms with van der Waals surface area (Å²) in [5, 5.41) is 0. The molecule has 2 nitrogen and oxygen atoms in total. The maximum absolute atomic E-state index is 5.97. The van der Waals surface area contributed by atoms with E-state index in [2.05, 4.69) is 18.8 Å². The van der Waals surface area contributed by atoms with Crippen LogP contribution in [0.3, 0.4) is 0 Å². The van der Waals surface area contributed by atoms with Crippen molar-refractivity contribution in [2.24, 2.45) is 16.6 Å². The normalized spacial score (nSPS) is 23.1. The smallest absolute Gasteiger partial charge is 0.0971 e. The molecule has 1 unspecified atom stereocenters. The number of hydrogen-bond donors (Lipinski definition) is 1. The van der Waals surface area contributed by atoms with Crippen molar-refractivity contribution in [2.75, 3.05) is 0 Å². The van der Waals surface area contributed by atoms with Crippen LogP contribution in [0.5, 0.6) is 0 Å². The zero-order valence-electron chi connectivity index (χ0n) is 8.92. The maximum atomic E-state index is 5.97. The van der Waals surface area contributed by atoms with Crippen molar-refractivity contribution in [1.82, 2.24) is 0 Å². The highest BCUT2D eigenvalue weighted by Gasteiger charge is 2.16. The van der Waals surface area contributed by atoms with Gasteiger partial charge in [-0.2, -0.15) is 0 Å². The van der Waals surface area contributed by atoms with Gasteiger partial charge in [-0.15, -0.1) is 0 Å². The predicted octanol–water partition coefficient (Wildman–Crippen LogP) is 2.72. The lowest BCUT2D eigenvalue weighted by molar-refractivity contribution is 0.435. The van der Waals surface area contributed by atoms with Crippen molar-refractivity contribution in [1.29, 1.82) is 0 Å². The van der Waals surface area contributed by atoms with Crippen LogP contribution in [0.15, 0.2) is 4.99 Å². The predicted molar refractivity (Wildman–Crippen MR) is 58.0 cm³/mol. The first kappa shape index (κ1) is 10.6. The van der Waals surface area contributed by atoms with Gasteiger partial charge in [-0.05, 0) is 26.2 Å². The SMILES string of the molecule is CCC(C)N=C(N)C1CCCCC1. The highest BCUT2D eigenvalue weighted by Crippen LogP contribution is 2.23. The Bertz CT molecular complexity index is 169. The van der Waals surface area contributed by atoms with Gasteiger partial charge in [0.15, 0.2) is 0 Å². The lowest BCUT2D eigenvalue weighted by Gasteiger charge is -2.21. The molecule has 2 heteroatoms. The van der Waals surface area contributed by atoms with Crippen molar-refractivity contribution < 1.29 is 0 Å². The molecule has 0 aromatic heterocycles. The average molecular weight is 182 g/mol. The third-order valence-corrected chi connectivity index (χ3v) is 2.98. The van der Waals surface area contributed by atoms with Crippen LogP contribution in [0.2, 0.25) is 0 Å². The molecule has 0 radical (unpaired) electrons. The molecular formula is C11H22N2. The van der Waals surface area contributed by atoms with E-state index in [4.69, 9.17) is 5.73 Å². The molecule has 2 N–H and O–H groups in total. The lowest BCUT2D eigenvalue weighted by Crippen LogP contribution is -2.27. The van der Waals surface area contributed by atoms with E-state index in [1.54, 1.807) is 0 Å². The first-order valence-corrected chi connectivity index (χ1v) is 5.57. The molecule has 1 rings (SSSR count). The van der Waals surface area contributed by atoms with Crippen molar-refractivity contribution in [3.05, 3.63) is 0 Å². The van der Waals surface area contributed by atoms with E-state index < -0.39 is 0 Å². The Morgan fingerprint density at radius 3 is 2.54 bits per heavy atom. The summed E-state index contributed by atoms with van der Waals surface area (Å²) < 4.78 is 0. The van der Waals surface area contributed by atoms with E-state index >= 15 is 0 Å². The Balaban J connectivity index is 2.44. The molecule has 1 fully saturated rings. The number of aliphatic imine (C=N–C) groups is 1. The molecule has 0 saturated heterocycles. The van der Waals surface area contributed by atoms with Gasteiger partial charge in [0.05, 0.1) is 5.84 Å². The molecule has 0 heterocycles. The fourth-order valence-electron chi connectivity index (χ4n) is 1.85. The molecule has 1 aliphatic carbocycles. The minimum Gasteiger partial charge on any atom is -0.387 e. The van der Waals surface area contributed by atoms with Gasteiger partial charge in [0.2, 0.25) is 0 Å². The van der Waals surface area contributed by atoms with Crippen molar-refractivity contribution in [3.8, 4) is 0 Å². The van der Waals surface area contributed by atoms with Crippen LogP contribution in [-0.4, -0.2) is 11.9 Å². The third-order valence-electron chi connectivity index (χ3n) is 2.98. The Kier molecular flexibility index (Phi) is 4.26. The molecule has 0 aliphatic heterocycles. The Morgan fingerprint density at radius 2 is 2.00 bits per heavy atom.